The van der Waals surface area contributed by atoms with E-state index in [1.54, 1.807) is 12.4 Å². The SMILES string of the molecule is CN(C)c1ccc(NC(=O)c2cc3ccc(-c4nccc(NC5CCC6NNCC6C5)n4)cc3[nH]2)cn1. The number of hydrogen-bond acceptors (Lipinski definition) is 8. The Morgan fingerprint density at radius 3 is 2.84 bits per heavy atom. The van der Waals surface area contributed by atoms with Crippen LogP contribution < -0.4 is 26.4 Å². The first-order valence-corrected chi connectivity index (χ1v) is 12.7. The number of carbonyl (C=O) groups is 1. The van der Waals surface area contributed by atoms with Gasteiger partial charge in [0.15, 0.2) is 5.82 Å². The van der Waals surface area contributed by atoms with Gasteiger partial charge in [-0.1, -0.05) is 12.1 Å². The highest BCUT2D eigenvalue weighted by molar-refractivity contribution is 6.06. The standard InChI is InChI=1S/C27H31N9O/c1-36(2)25-8-6-20(15-29-25)32-27(37)23-12-16-3-4-17(13-22(16)33-23)26-28-10-9-24(34-26)31-19-5-7-21-18(11-19)14-30-35-21/h3-4,6,8-10,12-13,15,18-19,21,30,33,35H,5,7,11,14H2,1-2H3,(H,32,37)(H,28,31,34). The number of amides is 1. The highest BCUT2D eigenvalue weighted by Gasteiger charge is 2.33. The molecule has 4 aromatic rings. The Balaban J connectivity index is 1.16. The van der Waals surface area contributed by atoms with Gasteiger partial charge in [-0.15, -0.1) is 0 Å². The zero-order valence-electron chi connectivity index (χ0n) is 21.0. The van der Waals surface area contributed by atoms with E-state index in [1.807, 2.05) is 61.5 Å². The number of benzene rings is 1. The molecule has 3 atom stereocenters. The molecule has 10 nitrogen and oxygen atoms in total. The molecule has 10 heteroatoms. The van der Waals surface area contributed by atoms with Crippen LogP contribution in [0, 0.1) is 5.92 Å². The molecule has 190 valence electrons. The van der Waals surface area contributed by atoms with Crippen LogP contribution in [-0.2, 0) is 0 Å². The van der Waals surface area contributed by atoms with Crippen molar-refractivity contribution in [3.05, 3.63) is 60.6 Å². The Bertz CT molecular complexity index is 1420. The Kier molecular flexibility index (Phi) is 6.19. The number of aromatic nitrogens is 4. The molecular formula is C27H31N9O. The van der Waals surface area contributed by atoms with Gasteiger partial charge in [0.25, 0.3) is 5.91 Å². The van der Waals surface area contributed by atoms with Crippen LogP contribution >= 0.6 is 0 Å². The molecule has 1 aliphatic heterocycles. The topological polar surface area (TPSA) is 123 Å². The molecule has 3 aromatic heterocycles. The molecule has 37 heavy (non-hydrogen) atoms. The van der Waals surface area contributed by atoms with Gasteiger partial charge in [0.05, 0.1) is 11.9 Å². The number of H-pyrrole nitrogens is 1. The number of hydrogen-bond donors (Lipinski definition) is 5. The number of carbonyl (C=O) groups excluding carboxylic acids is 1. The second-order valence-electron chi connectivity index (χ2n) is 10.1. The number of nitrogens with one attached hydrogen (secondary N) is 5. The Labute approximate surface area is 215 Å². The zero-order chi connectivity index (χ0) is 25.4. The lowest BCUT2D eigenvalue weighted by Gasteiger charge is -2.31. The third kappa shape index (κ3) is 4.98. The minimum atomic E-state index is -0.220. The number of hydrazine groups is 1. The fraction of sp³-hybridized carbons (Fsp3) is 0.333. The summed E-state index contributed by atoms with van der Waals surface area (Å²) in [5.41, 5.74) is 9.52. The van der Waals surface area contributed by atoms with E-state index in [9.17, 15) is 4.79 Å². The third-order valence-electron chi connectivity index (χ3n) is 7.23. The number of aromatic amines is 1. The summed E-state index contributed by atoms with van der Waals surface area (Å²) in [5, 5.41) is 7.46. The molecule has 5 N–H and O–H groups in total. The Morgan fingerprint density at radius 1 is 1.08 bits per heavy atom. The van der Waals surface area contributed by atoms with Gasteiger partial charge >= 0.3 is 0 Å². The van der Waals surface area contributed by atoms with Crippen molar-refractivity contribution in [1.29, 1.82) is 0 Å². The maximum atomic E-state index is 12.8. The van der Waals surface area contributed by atoms with E-state index in [1.165, 1.54) is 0 Å². The largest absolute Gasteiger partial charge is 0.367 e. The van der Waals surface area contributed by atoms with Crippen LogP contribution in [0.1, 0.15) is 29.8 Å². The van der Waals surface area contributed by atoms with Crippen molar-refractivity contribution in [2.24, 2.45) is 5.92 Å². The van der Waals surface area contributed by atoms with E-state index in [4.69, 9.17) is 4.98 Å². The summed E-state index contributed by atoms with van der Waals surface area (Å²) in [6.07, 6.45) is 6.84. The summed E-state index contributed by atoms with van der Waals surface area (Å²) in [4.78, 5) is 31.6. The molecule has 3 unspecified atom stereocenters. The predicted octanol–water partition coefficient (Wildman–Crippen LogP) is 3.40. The fourth-order valence-corrected chi connectivity index (χ4v) is 5.23. The van der Waals surface area contributed by atoms with Crippen molar-refractivity contribution in [3.63, 3.8) is 0 Å². The van der Waals surface area contributed by atoms with Crippen molar-refractivity contribution < 1.29 is 4.79 Å². The first kappa shape index (κ1) is 23.4. The average Bonchev–Trinajstić information content (AvgIpc) is 3.55. The molecule has 6 rings (SSSR count). The van der Waals surface area contributed by atoms with Crippen LogP contribution in [0.5, 0.6) is 0 Å². The molecule has 0 bridgehead atoms. The average molecular weight is 498 g/mol. The van der Waals surface area contributed by atoms with Crippen LogP contribution in [-0.4, -0.2) is 58.6 Å². The molecule has 1 saturated heterocycles. The second kappa shape index (κ2) is 9.79. The summed E-state index contributed by atoms with van der Waals surface area (Å²) >= 11 is 0. The lowest BCUT2D eigenvalue weighted by Crippen LogP contribution is -2.39. The maximum absolute atomic E-state index is 12.8. The van der Waals surface area contributed by atoms with Gasteiger partial charge in [-0.25, -0.2) is 15.0 Å². The molecule has 2 aliphatic rings. The number of pyridine rings is 1. The Hall–Kier alpha value is -4.02. The van der Waals surface area contributed by atoms with E-state index in [0.717, 1.165) is 53.9 Å². The summed E-state index contributed by atoms with van der Waals surface area (Å²) in [6.45, 7) is 1.02. The summed E-state index contributed by atoms with van der Waals surface area (Å²) in [7, 11) is 3.85. The van der Waals surface area contributed by atoms with E-state index in [2.05, 4.69) is 36.4 Å². The van der Waals surface area contributed by atoms with Gasteiger partial charge in [0.2, 0.25) is 0 Å². The van der Waals surface area contributed by atoms with Crippen LogP contribution in [0.25, 0.3) is 22.3 Å². The van der Waals surface area contributed by atoms with Gasteiger partial charge < -0.3 is 20.5 Å². The molecule has 1 saturated carbocycles. The van der Waals surface area contributed by atoms with Crippen molar-refractivity contribution in [3.8, 4) is 11.4 Å². The van der Waals surface area contributed by atoms with E-state index >= 15 is 0 Å². The molecule has 4 heterocycles. The highest BCUT2D eigenvalue weighted by atomic mass is 16.1. The van der Waals surface area contributed by atoms with Gasteiger partial charge in [0.1, 0.15) is 17.3 Å². The summed E-state index contributed by atoms with van der Waals surface area (Å²) in [6, 6.07) is 14.4. The first-order chi connectivity index (χ1) is 18.0. The van der Waals surface area contributed by atoms with Crippen LogP contribution in [0.15, 0.2) is 54.9 Å². The lowest BCUT2D eigenvalue weighted by molar-refractivity contribution is 0.102. The van der Waals surface area contributed by atoms with Crippen LogP contribution in [0.3, 0.4) is 0 Å². The van der Waals surface area contributed by atoms with Gasteiger partial charge in [-0.2, -0.15) is 0 Å². The molecular weight excluding hydrogens is 466 g/mol. The van der Waals surface area contributed by atoms with Crippen LogP contribution in [0.2, 0.25) is 0 Å². The monoisotopic (exact) mass is 497 g/mol. The van der Waals surface area contributed by atoms with Crippen molar-refractivity contribution in [2.45, 2.75) is 31.3 Å². The zero-order valence-corrected chi connectivity index (χ0v) is 21.0. The van der Waals surface area contributed by atoms with Gasteiger partial charge in [-0.05, 0) is 55.5 Å². The minimum Gasteiger partial charge on any atom is -0.367 e. The Morgan fingerprint density at radius 2 is 2.00 bits per heavy atom. The minimum absolute atomic E-state index is 0.220. The third-order valence-corrected chi connectivity index (χ3v) is 7.23. The van der Waals surface area contributed by atoms with Crippen LogP contribution in [0.4, 0.5) is 17.3 Å². The molecule has 1 aliphatic carbocycles. The van der Waals surface area contributed by atoms with Crippen molar-refractivity contribution in [2.75, 3.05) is 36.2 Å². The lowest BCUT2D eigenvalue weighted by atomic mass is 9.83. The molecule has 2 fully saturated rings. The van der Waals surface area contributed by atoms with Gasteiger partial charge in [-0.3, -0.25) is 15.6 Å². The summed E-state index contributed by atoms with van der Waals surface area (Å²) in [5.74, 6) is 2.75. The second-order valence-corrected chi connectivity index (χ2v) is 10.1. The number of rotatable bonds is 6. The fourth-order valence-electron chi connectivity index (χ4n) is 5.23. The number of nitrogens with zero attached hydrogens (tertiary/aromatic N) is 4. The molecule has 1 amide bonds. The number of fused-ring (bicyclic) bond motifs is 2. The normalized spacial score (nSPS) is 21.0. The summed E-state index contributed by atoms with van der Waals surface area (Å²) < 4.78 is 0. The van der Waals surface area contributed by atoms with Crippen molar-refractivity contribution >= 4 is 34.1 Å². The maximum Gasteiger partial charge on any atom is 0.272 e. The van der Waals surface area contributed by atoms with Crippen molar-refractivity contribution in [1.82, 2.24) is 30.8 Å². The first-order valence-electron chi connectivity index (χ1n) is 12.7. The molecule has 1 aromatic carbocycles. The quantitative estimate of drug-likeness (QED) is 0.275. The molecule has 0 spiro atoms. The van der Waals surface area contributed by atoms with E-state index in [-0.39, 0.29) is 5.91 Å². The smallest absolute Gasteiger partial charge is 0.272 e. The van der Waals surface area contributed by atoms with E-state index < -0.39 is 0 Å². The number of anilines is 3. The predicted molar refractivity (Wildman–Crippen MR) is 146 cm³/mol. The molecule has 0 radical (unpaired) electrons. The van der Waals surface area contributed by atoms with E-state index in [0.29, 0.717) is 35.2 Å². The van der Waals surface area contributed by atoms with Gasteiger partial charge in [0, 0.05) is 55.4 Å². The highest BCUT2D eigenvalue weighted by Crippen LogP contribution is 2.29.